The van der Waals surface area contributed by atoms with Crippen LogP contribution in [0.1, 0.15) is 20.8 Å². The van der Waals surface area contributed by atoms with Crippen LogP contribution in [-0.4, -0.2) is 16.6 Å². The predicted molar refractivity (Wildman–Crippen MR) is 97.1 cm³/mol. The molecule has 2 N–H and O–H groups in total. The van der Waals surface area contributed by atoms with Gasteiger partial charge in [0.2, 0.25) is 5.78 Å². The summed E-state index contributed by atoms with van der Waals surface area (Å²) in [4.78, 5) is 28.5. The quantitative estimate of drug-likeness (QED) is 0.783. The smallest absolute Gasteiger partial charge is 0.227 e. The summed E-state index contributed by atoms with van der Waals surface area (Å²) < 4.78 is 5.76. The first-order chi connectivity index (χ1) is 12.6. The largest absolute Gasteiger partial charge is 0.457 e. The molecule has 0 bridgehead atoms. The minimum atomic E-state index is -0.425. The molecule has 0 spiro atoms. The van der Waals surface area contributed by atoms with Gasteiger partial charge in [-0.3, -0.25) is 9.59 Å². The standard InChI is InChI=1S/C21H14N2O3/c22-17-12-19(24)16-10-11-18(23-20(16)21(17)25)13-6-8-15(9-7-13)26-14-4-2-1-3-5-14/h1-12H,22H2. The van der Waals surface area contributed by atoms with Gasteiger partial charge in [0.15, 0.2) is 5.78 Å². The van der Waals surface area contributed by atoms with E-state index < -0.39 is 5.78 Å². The number of benzene rings is 2. The summed E-state index contributed by atoms with van der Waals surface area (Å²) in [5.74, 6) is 0.711. The molecule has 0 amide bonds. The zero-order chi connectivity index (χ0) is 18.1. The van der Waals surface area contributed by atoms with E-state index in [1.54, 1.807) is 12.1 Å². The molecule has 26 heavy (non-hydrogen) atoms. The summed E-state index contributed by atoms with van der Waals surface area (Å²) in [5.41, 5.74) is 7.28. The molecule has 0 aliphatic heterocycles. The van der Waals surface area contributed by atoms with Gasteiger partial charge in [0.05, 0.1) is 17.0 Å². The number of allylic oxidation sites excluding steroid dienone is 2. The molecular weight excluding hydrogens is 328 g/mol. The Hall–Kier alpha value is -3.73. The van der Waals surface area contributed by atoms with E-state index in [4.69, 9.17) is 10.5 Å². The normalized spacial score (nSPS) is 13.2. The molecule has 0 saturated carbocycles. The van der Waals surface area contributed by atoms with E-state index in [0.717, 1.165) is 17.4 Å². The lowest BCUT2D eigenvalue weighted by Crippen LogP contribution is -2.23. The van der Waals surface area contributed by atoms with Crippen LogP contribution in [0, 0.1) is 0 Å². The van der Waals surface area contributed by atoms with Crippen LogP contribution >= 0.6 is 0 Å². The summed E-state index contributed by atoms with van der Waals surface area (Å²) in [6.45, 7) is 0. The lowest BCUT2D eigenvalue weighted by atomic mass is 9.96. The summed E-state index contributed by atoms with van der Waals surface area (Å²) in [7, 11) is 0. The molecule has 0 unspecified atom stereocenters. The number of ether oxygens (including phenoxy) is 1. The molecule has 1 aliphatic carbocycles. The lowest BCUT2D eigenvalue weighted by molar-refractivity contribution is 0.0979. The van der Waals surface area contributed by atoms with Crippen molar-refractivity contribution in [3.63, 3.8) is 0 Å². The number of aromatic nitrogens is 1. The van der Waals surface area contributed by atoms with Crippen LogP contribution in [0.3, 0.4) is 0 Å². The number of hydrogen-bond acceptors (Lipinski definition) is 5. The number of nitrogens with two attached hydrogens (primary N) is 1. The van der Waals surface area contributed by atoms with Gasteiger partial charge in [-0.15, -0.1) is 0 Å². The summed E-state index contributed by atoms with van der Waals surface area (Å²) in [6, 6.07) is 20.1. The minimum Gasteiger partial charge on any atom is -0.457 e. The Morgan fingerprint density at radius 2 is 1.50 bits per heavy atom. The van der Waals surface area contributed by atoms with Gasteiger partial charge in [-0.1, -0.05) is 18.2 Å². The van der Waals surface area contributed by atoms with Gasteiger partial charge in [-0.2, -0.15) is 0 Å². The Bertz CT molecular complexity index is 1040. The van der Waals surface area contributed by atoms with Gasteiger partial charge in [0, 0.05) is 11.6 Å². The summed E-state index contributed by atoms with van der Waals surface area (Å²) in [6.07, 6.45) is 1.14. The lowest BCUT2D eigenvalue weighted by Gasteiger charge is -2.13. The highest BCUT2D eigenvalue weighted by Crippen LogP contribution is 2.27. The van der Waals surface area contributed by atoms with Crippen molar-refractivity contribution in [3.05, 3.63) is 89.8 Å². The van der Waals surface area contributed by atoms with Crippen LogP contribution in [0.25, 0.3) is 11.3 Å². The Kier molecular flexibility index (Phi) is 3.82. The molecule has 1 heterocycles. The molecule has 1 aromatic heterocycles. The van der Waals surface area contributed by atoms with Crippen LogP contribution in [0.5, 0.6) is 11.5 Å². The average Bonchev–Trinajstić information content (AvgIpc) is 2.67. The summed E-state index contributed by atoms with van der Waals surface area (Å²) >= 11 is 0. The fraction of sp³-hybridized carbons (Fsp3) is 0. The van der Waals surface area contributed by atoms with Gasteiger partial charge < -0.3 is 10.5 Å². The Labute approximate surface area is 149 Å². The highest BCUT2D eigenvalue weighted by atomic mass is 16.5. The molecule has 2 aromatic carbocycles. The van der Waals surface area contributed by atoms with Gasteiger partial charge >= 0.3 is 0 Å². The van der Waals surface area contributed by atoms with E-state index in [1.165, 1.54) is 0 Å². The zero-order valence-electron chi connectivity index (χ0n) is 13.7. The SMILES string of the molecule is NC1=CC(=O)c2ccc(-c3ccc(Oc4ccccc4)cc3)nc2C1=O. The number of carbonyl (C=O) groups excluding carboxylic acids is 2. The third-order valence-electron chi connectivity index (χ3n) is 4.05. The number of para-hydroxylation sites is 1. The molecule has 0 radical (unpaired) electrons. The maximum Gasteiger partial charge on any atom is 0.227 e. The van der Waals surface area contributed by atoms with Gasteiger partial charge in [0.1, 0.15) is 17.2 Å². The van der Waals surface area contributed by atoms with Crippen molar-refractivity contribution in [2.45, 2.75) is 0 Å². The maximum absolute atomic E-state index is 12.2. The van der Waals surface area contributed by atoms with Crippen LogP contribution in [-0.2, 0) is 0 Å². The fourth-order valence-electron chi connectivity index (χ4n) is 2.73. The predicted octanol–water partition coefficient (Wildman–Crippen LogP) is 3.76. The topological polar surface area (TPSA) is 82.3 Å². The number of hydrogen-bond donors (Lipinski definition) is 1. The van der Waals surface area contributed by atoms with Crippen molar-refractivity contribution in [2.24, 2.45) is 5.73 Å². The van der Waals surface area contributed by atoms with Crippen molar-refractivity contribution in [2.75, 3.05) is 0 Å². The first-order valence-electron chi connectivity index (χ1n) is 8.02. The van der Waals surface area contributed by atoms with Crippen molar-refractivity contribution >= 4 is 11.6 Å². The first-order valence-corrected chi connectivity index (χ1v) is 8.02. The molecule has 0 fully saturated rings. The fourth-order valence-corrected chi connectivity index (χ4v) is 2.73. The average molecular weight is 342 g/mol. The van der Waals surface area contributed by atoms with Gasteiger partial charge in [-0.25, -0.2) is 4.98 Å². The van der Waals surface area contributed by atoms with Gasteiger partial charge in [0.25, 0.3) is 0 Å². The van der Waals surface area contributed by atoms with Crippen LogP contribution in [0.15, 0.2) is 78.5 Å². The number of Topliss-reactive ketones (excluding diaryl/α,β-unsaturated/α-hetero) is 1. The highest BCUT2D eigenvalue weighted by molar-refractivity contribution is 6.23. The van der Waals surface area contributed by atoms with Crippen molar-refractivity contribution < 1.29 is 14.3 Å². The van der Waals surface area contributed by atoms with Crippen LogP contribution in [0.2, 0.25) is 0 Å². The molecule has 0 atom stereocenters. The van der Waals surface area contributed by atoms with E-state index in [-0.39, 0.29) is 22.7 Å². The number of fused-ring (bicyclic) bond motifs is 1. The second-order valence-electron chi connectivity index (χ2n) is 5.83. The second-order valence-corrected chi connectivity index (χ2v) is 5.83. The molecule has 5 nitrogen and oxygen atoms in total. The highest BCUT2D eigenvalue weighted by Gasteiger charge is 2.25. The molecular formula is C21H14N2O3. The van der Waals surface area contributed by atoms with Gasteiger partial charge in [-0.05, 0) is 48.5 Å². The number of rotatable bonds is 3. The second kappa shape index (κ2) is 6.29. The van der Waals surface area contributed by atoms with Crippen molar-refractivity contribution in [1.82, 2.24) is 4.98 Å². The van der Waals surface area contributed by atoms with Crippen LogP contribution < -0.4 is 10.5 Å². The molecule has 3 aromatic rings. The van der Waals surface area contributed by atoms with E-state index in [2.05, 4.69) is 4.98 Å². The Balaban J connectivity index is 1.63. The monoisotopic (exact) mass is 342 g/mol. The first kappa shape index (κ1) is 15.8. The van der Waals surface area contributed by atoms with Crippen molar-refractivity contribution in [1.29, 1.82) is 0 Å². The molecule has 1 aliphatic rings. The third-order valence-corrected chi connectivity index (χ3v) is 4.05. The van der Waals surface area contributed by atoms with Crippen LogP contribution in [0.4, 0.5) is 0 Å². The number of carbonyl (C=O) groups is 2. The van der Waals surface area contributed by atoms with Crippen molar-refractivity contribution in [3.8, 4) is 22.8 Å². The van der Waals surface area contributed by atoms with E-state index in [1.807, 2.05) is 54.6 Å². The maximum atomic E-state index is 12.2. The Morgan fingerprint density at radius 1 is 0.808 bits per heavy atom. The van der Waals surface area contributed by atoms with E-state index >= 15 is 0 Å². The third kappa shape index (κ3) is 2.86. The molecule has 0 saturated heterocycles. The molecule has 5 heteroatoms. The number of pyridine rings is 1. The number of nitrogens with zero attached hydrogens (tertiary/aromatic N) is 1. The molecule has 126 valence electrons. The van der Waals surface area contributed by atoms with E-state index in [0.29, 0.717) is 11.4 Å². The minimum absolute atomic E-state index is 0.0845. The van der Waals surface area contributed by atoms with E-state index in [9.17, 15) is 9.59 Å². The number of ketones is 2. The molecule has 4 rings (SSSR count). The Morgan fingerprint density at radius 3 is 2.23 bits per heavy atom. The summed E-state index contributed by atoms with van der Waals surface area (Å²) in [5, 5.41) is 0. The zero-order valence-corrected chi connectivity index (χ0v) is 13.7.